The summed E-state index contributed by atoms with van der Waals surface area (Å²) in [5.74, 6) is 1.14. The van der Waals surface area contributed by atoms with Crippen LogP contribution in [0.4, 0.5) is 13.2 Å². The van der Waals surface area contributed by atoms with Crippen molar-refractivity contribution in [2.45, 2.75) is 44.8 Å². The molecule has 0 saturated heterocycles. The third kappa shape index (κ3) is 6.14. The van der Waals surface area contributed by atoms with E-state index >= 15 is 0 Å². The lowest BCUT2D eigenvalue weighted by molar-refractivity contribution is -0.142. The Morgan fingerprint density at radius 1 is 1.29 bits per heavy atom. The molecule has 0 bridgehead atoms. The molecule has 138 valence electrons. The van der Waals surface area contributed by atoms with Crippen LogP contribution in [0.3, 0.4) is 0 Å². The standard InChI is InChI=1S/C15H24F3N5.HI/c1-19-14(20-8-11-6-4-3-5-7-11)21-9-12-10-23(2)22-13(12)15(16,17)18;/h10-11H,3-9H2,1-2H3,(H2,19,20,21);1H. The van der Waals surface area contributed by atoms with E-state index in [-0.39, 0.29) is 36.1 Å². The molecule has 0 aliphatic heterocycles. The van der Waals surface area contributed by atoms with Gasteiger partial charge < -0.3 is 10.6 Å². The second-order valence-electron chi connectivity index (χ2n) is 5.99. The second-order valence-corrected chi connectivity index (χ2v) is 5.99. The maximum absolute atomic E-state index is 12.9. The van der Waals surface area contributed by atoms with E-state index in [4.69, 9.17) is 0 Å². The zero-order chi connectivity index (χ0) is 16.9. The lowest BCUT2D eigenvalue weighted by Gasteiger charge is -2.23. The summed E-state index contributed by atoms with van der Waals surface area (Å²) in [5.41, 5.74) is -0.740. The van der Waals surface area contributed by atoms with Gasteiger partial charge in [0.1, 0.15) is 0 Å². The number of nitrogens with zero attached hydrogens (tertiary/aromatic N) is 3. The van der Waals surface area contributed by atoms with E-state index in [9.17, 15) is 13.2 Å². The molecule has 0 atom stereocenters. The number of guanidine groups is 1. The Morgan fingerprint density at radius 2 is 1.96 bits per heavy atom. The van der Waals surface area contributed by atoms with Crippen molar-refractivity contribution < 1.29 is 13.2 Å². The van der Waals surface area contributed by atoms with E-state index in [0.717, 1.165) is 6.54 Å². The molecule has 1 aromatic heterocycles. The van der Waals surface area contributed by atoms with Crippen molar-refractivity contribution in [3.63, 3.8) is 0 Å². The third-order valence-corrected chi connectivity index (χ3v) is 4.13. The monoisotopic (exact) mass is 459 g/mol. The van der Waals surface area contributed by atoms with E-state index in [1.807, 2.05) is 0 Å². The number of alkyl halides is 3. The molecule has 2 N–H and O–H groups in total. The number of hydrogen-bond donors (Lipinski definition) is 2. The highest BCUT2D eigenvalue weighted by atomic mass is 127. The molecule has 1 aliphatic rings. The summed E-state index contributed by atoms with van der Waals surface area (Å²) in [6.07, 6.45) is 3.13. The van der Waals surface area contributed by atoms with Crippen LogP contribution >= 0.6 is 24.0 Å². The summed E-state index contributed by atoms with van der Waals surface area (Å²) in [7, 11) is 3.10. The Morgan fingerprint density at radius 3 is 2.54 bits per heavy atom. The molecule has 0 spiro atoms. The summed E-state index contributed by atoms with van der Waals surface area (Å²) in [6.45, 7) is 0.839. The van der Waals surface area contributed by atoms with E-state index in [1.165, 1.54) is 50.0 Å². The zero-order valence-corrected chi connectivity index (χ0v) is 16.3. The van der Waals surface area contributed by atoms with Crippen LogP contribution < -0.4 is 10.6 Å². The molecule has 1 aromatic rings. The van der Waals surface area contributed by atoms with Crippen LogP contribution in [-0.2, 0) is 19.8 Å². The van der Waals surface area contributed by atoms with Crippen LogP contribution in [0.15, 0.2) is 11.2 Å². The number of nitrogens with one attached hydrogen (secondary N) is 2. The first-order chi connectivity index (χ1) is 10.9. The minimum absolute atomic E-state index is 0. The number of aliphatic imine (C=N–C) groups is 1. The van der Waals surface area contributed by atoms with Gasteiger partial charge in [0, 0.05) is 38.9 Å². The summed E-state index contributed by atoms with van der Waals surface area (Å²) >= 11 is 0. The molecule has 5 nitrogen and oxygen atoms in total. The molecule has 0 amide bonds. The van der Waals surface area contributed by atoms with Crippen molar-refractivity contribution in [2.75, 3.05) is 13.6 Å². The molecular formula is C15H25F3IN5. The van der Waals surface area contributed by atoms with Gasteiger partial charge in [-0.15, -0.1) is 24.0 Å². The molecule has 1 fully saturated rings. The van der Waals surface area contributed by atoms with Gasteiger partial charge in [-0.1, -0.05) is 19.3 Å². The lowest BCUT2D eigenvalue weighted by atomic mass is 9.89. The van der Waals surface area contributed by atoms with Crippen molar-refractivity contribution in [3.05, 3.63) is 17.5 Å². The molecule has 1 aliphatic carbocycles. The minimum atomic E-state index is -4.45. The van der Waals surface area contributed by atoms with Gasteiger partial charge in [-0.05, 0) is 18.8 Å². The average Bonchev–Trinajstić information content (AvgIpc) is 2.90. The van der Waals surface area contributed by atoms with E-state index in [2.05, 4.69) is 20.7 Å². The molecule has 0 unspecified atom stereocenters. The average molecular weight is 459 g/mol. The Kier molecular flexibility index (Phi) is 8.31. The highest BCUT2D eigenvalue weighted by Gasteiger charge is 2.36. The van der Waals surface area contributed by atoms with Gasteiger partial charge in [0.15, 0.2) is 11.7 Å². The van der Waals surface area contributed by atoms with Crippen molar-refractivity contribution in [3.8, 4) is 0 Å². The topological polar surface area (TPSA) is 54.2 Å². The number of aryl methyl sites for hydroxylation is 1. The van der Waals surface area contributed by atoms with Crippen LogP contribution in [0.5, 0.6) is 0 Å². The zero-order valence-electron chi connectivity index (χ0n) is 14.0. The van der Waals surface area contributed by atoms with Gasteiger partial charge in [-0.2, -0.15) is 18.3 Å². The molecule has 2 rings (SSSR count). The van der Waals surface area contributed by atoms with E-state index in [0.29, 0.717) is 11.9 Å². The lowest BCUT2D eigenvalue weighted by Crippen LogP contribution is -2.40. The van der Waals surface area contributed by atoms with Crippen molar-refractivity contribution >= 4 is 29.9 Å². The fourth-order valence-electron chi connectivity index (χ4n) is 2.94. The molecule has 0 aromatic carbocycles. The SMILES string of the molecule is CN=C(NCc1cn(C)nc1C(F)(F)F)NCC1CCCCC1.I. The number of halogens is 4. The maximum Gasteiger partial charge on any atom is 0.435 e. The summed E-state index contributed by atoms with van der Waals surface area (Å²) in [4.78, 5) is 4.07. The Bertz CT molecular complexity index is 536. The molecule has 24 heavy (non-hydrogen) atoms. The Balaban J connectivity index is 0.00000288. The first kappa shape index (κ1) is 21.0. The summed E-state index contributed by atoms with van der Waals surface area (Å²) < 4.78 is 39.9. The number of hydrogen-bond acceptors (Lipinski definition) is 2. The quantitative estimate of drug-likeness (QED) is 0.413. The first-order valence-corrected chi connectivity index (χ1v) is 7.94. The maximum atomic E-state index is 12.9. The molecule has 1 saturated carbocycles. The highest BCUT2D eigenvalue weighted by Crippen LogP contribution is 2.30. The number of rotatable bonds is 4. The predicted molar refractivity (Wildman–Crippen MR) is 98.4 cm³/mol. The fourth-order valence-corrected chi connectivity index (χ4v) is 2.94. The van der Waals surface area contributed by atoms with Gasteiger partial charge in [0.2, 0.25) is 0 Å². The van der Waals surface area contributed by atoms with Crippen LogP contribution in [0.25, 0.3) is 0 Å². The van der Waals surface area contributed by atoms with Crippen molar-refractivity contribution in [1.82, 2.24) is 20.4 Å². The van der Waals surface area contributed by atoms with Crippen molar-refractivity contribution in [1.29, 1.82) is 0 Å². The van der Waals surface area contributed by atoms with Gasteiger partial charge in [-0.25, -0.2) is 0 Å². The van der Waals surface area contributed by atoms with Gasteiger partial charge in [-0.3, -0.25) is 9.67 Å². The van der Waals surface area contributed by atoms with E-state index < -0.39 is 11.9 Å². The van der Waals surface area contributed by atoms with Gasteiger partial charge in [0.05, 0.1) is 0 Å². The minimum Gasteiger partial charge on any atom is -0.356 e. The van der Waals surface area contributed by atoms with Crippen LogP contribution in [-0.4, -0.2) is 29.3 Å². The third-order valence-electron chi connectivity index (χ3n) is 4.13. The van der Waals surface area contributed by atoms with E-state index in [1.54, 1.807) is 7.05 Å². The normalized spacial score (nSPS) is 16.6. The number of aromatic nitrogens is 2. The van der Waals surface area contributed by atoms with Crippen LogP contribution in [0.1, 0.15) is 43.4 Å². The summed E-state index contributed by atoms with van der Waals surface area (Å²) in [5, 5.41) is 9.64. The Hall–Kier alpha value is -1.00. The fraction of sp³-hybridized carbons (Fsp3) is 0.733. The second kappa shape index (κ2) is 9.47. The van der Waals surface area contributed by atoms with Gasteiger partial charge >= 0.3 is 6.18 Å². The molecular weight excluding hydrogens is 434 g/mol. The molecule has 0 radical (unpaired) electrons. The molecule has 1 heterocycles. The smallest absolute Gasteiger partial charge is 0.356 e. The largest absolute Gasteiger partial charge is 0.435 e. The van der Waals surface area contributed by atoms with Crippen LogP contribution in [0.2, 0.25) is 0 Å². The van der Waals surface area contributed by atoms with Crippen LogP contribution in [0, 0.1) is 5.92 Å². The van der Waals surface area contributed by atoms with Crippen molar-refractivity contribution in [2.24, 2.45) is 18.0 Å². The predicted octanol–water partition coefficient (Wildman–Crippen LogP) is 3.30. The first-order valence-electron chi connectivity index (χ1n) is 7.94. The molecule has 9 heteroatoms. The van der Waals surface area contributed by atoms with Gasteiger partial charge in [0.25, 0.3) is 0 Å². The highest BCUT2D eigenvalue weighted by molar-refractivity contribution is 14.0. The summed E-state index contributed by atoms with van der Waals surface area (Å²) in [6, 6.07) is 0. The Labute approximate surface area is 157 Å².